The molecule has 0 amide bonds. The molecule has 0 aliphatic heterocycles. The van der Waals surface area contributed by atoms with E-state index in [1.54, 1.807) is 0 Å². The van der Waals surface area contributed by atoms with Crippen molar-refractivity contribution in [2.24, 2.45) is 10.8 Å². The van der Waals surface area contributed by atoms with Crippen molar-refractivity contribution in [3.05, 3.63) is 203 Å². The number of fused-ring (bicyclic) bond motifs is 10. The van der Waals surface area contributed by atoms with E-state index in [2.05, 4.69) is 221 Å². The van der Waals surface area contributed by atoms with Crippen LogP contribution in [-0.2, 0) is 5.41 Å². The van der Waals surface area contributed by atoms with Crippen molar-refractivity contribution in [2.45, 2.75) is 199 Å². The topological polar surface area (TPSA) is 6.48 Å². The molecule has 0 atom stereocenters. The second kappa shape index (κ2) is 22.1. The average molecular weight is 1090 g/mol. The van der Waals surface area contributed by atoms with Gasteiger partial charge in [-0.15, -0.1) is 0 Å². The van der Waals surface area contributed by atoms with Crippen LogP contribution in [-0.4, -0.2) is 0 Å². The van der Waals surface area contributed by atoms with E-state index in [-0.39, 0.29) is 10.8 Å². The van der Waals surface area contributed by atoms with Crippen molar-refractivity contribution >= 4 is 66.4 Å². The first kappa shape index (κ1) is 54.3. The fourth-order valence-corrected chi connectivity index (χ4v) is 18.1. The summed E-state index contributed by atoms with van der Waals surface area (Å²) >= 11 is 0. The maximum absolute atomic E-state index is 2.70. The minimum atomic E-state index is -0.418. The van der Waals surface area contributed by atoms with Crippen LogP contribution >= 0.6 is 0 Å². The highest BCUT2D eigenvalue weighted by molar-refractivity contribution is 6.23. The molecule has 83 heavy (non-hydrogen) atoms. The molecule has 0 spiro atoms. The lowest BCUT2D eigenvalue weighted by molar-refractivity contribution is 0.0965. The molecular formula is C81H90N2. The number of rotatable bonds is 10. The molecule has 424 valence electrons. The monoisotopic (exact) mass is 1090 g/mol. The lowest BCUT2D eigenvalue weighted by Gasteiger charge is -2.53. The van der Waals surface area contributed by atoms with Crippen LogP contribution in [0.5, 0.6) is 0 Å². The van der Waals surface area contributed by atoms with Crippen molar-refractivity contribution < 1.29 is 0 Å². The van der Waals surface area contributed by atoms with E-state index in [0.717, 1.165) is 0 Å². The van der Waals surface area contributed by atoms with Crippen molar-refractivity contribution in [1.29, 1.82) is 0 Å². The SMILES string of the molecule is CC(C)(C)C1(C(C)(C)C)c2cc(N(c3ccc(C4CCCCC4)cc3)c3ccc(C4CCCCC4)cc3)c3ccccc3c2-c2c1c1ccc(N(c3ccc(C4CCCCC4)cc3)c3ccc(C4CCCCC4)cc3)cc1c1ccccc21. The number of benzene rings is 9. The third-order valence-corrected chi connectivity index (χ3v) is 21.7. The largest absolute Gasteiger partial charge is 0.310 e. The zero-order chi connectivity index (χ0) is 56.5. The summed E-state index contributed by atoms with van der Waals surface area (Å²) in [5, 5.41) is 7.98. The van der Waals surface area contributed by atoms with Crippen molar-refractivity contribution in [3.8, 4) is 11.1 Å². The van der Waals surface area contributed by atoms with Crippen LogP contribution in [0.2, 0.25) is 0 Å². The third kappa shape index (κ3) is 9.52. The van der Waals surface area contributed by atoms with Gasteiger partial charge in [-0.2, -0.15) is 0 Å². The molecule has 14 rings (SSSR count). The van der Waals surface area contributed by atoms with Gasteiger partial charge in [0.25, 0.3) is 0 Å². The summed E-state index contributed by atoms with van der Waals surface area (Å²) < 4.78 is 0. The maximum Gasteiger partial charge on any atom is 0.0543 e. The Bertz CT molecular complexity index is 3630. The number of hydrogen-bond acceptors (Lipinski definition) is 2. The first-order chi connectivity index (χ1) is 40.5. The molecule has 0 aromatic heterocycles. The Kier molecular flexibility index (Phi) is 14.5. The molecule has 0 saturated heterocycles. The highest BCUT2D eigenvalue weighted by Crippen LogP contribution is 2.69. The van der Waals surface area contributed by atoms with Gasteiger partial charge >= 0.3 is 0 Å². The van der Waals surface area contributed by atoms with Gasteiger partial charge in [-0.1, -0.05) is 222 Å². The molecule has 0 unspecified atom stereocenters. The summed E-state index contributed by atoms with van der Waals surface area (Å²) in [6.45, 7) is 15.3. The second-order valence-corrected chi connectivity index (χ2v) is 28.5. The van der Waals surface area contributed by atoms with Gasteiger partial charge < -0.3 is 9.80 Å². The minimum absolute atomic E-state index is 0.209. The van der Waals surface area contributed by atoms with Gasteiger partial charge in [0.05, 0.1) is 5.69 Å². The van der Waals surface area contributed by atoms with Crippen molar-refractivity contribution in [1.82, 2.24) is 0 Å². The average Bonchev–Trinajstić information content (AvgIpc) is 1.93. The standard InChI is InChI=1S/C81H90N2/c1-79(2,3)81(80(4,5)6)74-54-75(83(65-47-39-61(40-48-65)57-27-15-9-16-28-57)66-49-41-62(42-50-66)58-29-17-10-18-30-58)69-32-20-22-34-71(69)76(74)77-70-33-21-19-31-68(70)73-53-67(51-52-72(73)78(77)81)82(63-43-35-59(36-44-63)55-23-11-7-12-24-55)64-45-37-60(38-46-64)56-25-13-8-14-26-56/h19-22,31-58H,7-18,23-30H2,1-6H3. The van der Waals surface area contributed by atoms with Crippen molar-refractivity contribution in [3.63, 3.8) is 0 Å². The van der Waals surface area contributed by atoms with Gasteiger partial charge in [0.15, 0.2) is 0 Å². The summed E-state index contributed by atoms with van der Waals surface area (Å²) in [4.78, 5) is 5.20. The molecule has 5 aliphatic carbocycles. The van der Waals surface area contributed by atoms with Gasteiger partial charge in [0.1, 0.15) is 0 Å². The molecule has 2 heteroatoms. The van der Waals surface area contributed by atoms with E-state index in [0.29, 0.717) is 23.7 Å². The lowest BCUT2D eigenvalue weighted by Crippen LogP contribution is -2.50. The predicted molar refractivity (Wildman–Crippen MR) is 357 cm³/mol. The lowest BCUT2D eigenvalue weighted by atomic mass is 9.49. The zero-order valence-electron chi connectivity index (χ0n) is 51.0. The third-order valence-electron chi connectivity index (χ3n) is 21.7. The Labute approximate surface area is 497 Å². The molecule has 0 radical (unpaired) electrons. The van der Waals surface area contributed by atoms with Gasteiger partial charge in [0.2, 0.25) is 0 Å². The molecular weight excluding hydrogens is 1000 g/mol. The van der Waals surface area contributed by atoms with Crippen molar-refractivity contribution in [2.75, 3.05) is 9.80 Å². The number of nitrogens with zero attached hydrogens (tertiary/aromatic N) is 2. The predicted octanol–water partition coefficient (Wildman–Crippen LogP) is 24.6. The van der Waals surface area contributed by atoms with Gasteiger partial charge in [-0.3, -0.25) is 0 Å². The summed E-state index contributed by atoms with van der Waals surface area (Å²) in [7, 11) is 0. The summed E-state index contributed by atoms with van der Waals surface area (Å²) in [5.74, 6) is 2.63. The van der Waals surface area contributed by atoms with Gasteiger partial charge in [-0.25, -0.2) is 0 Å². The van der Waals surface area contributed by atoms with E-state index in [9.17, 15) is 0 Å². The summed E-state index contributed by atoms with van der Waals surface area (Å²) in [6, 6.07) is 68.4. The maximum atomic E-state index is 2.70. The summed E-state index contributed by atoms with van der Waals surface area (Å²) in [5.41, 5.74) is 18.3. The molecule has 2 nitrogen and oxygen atoms in total. The minimum Gasteiger partial charge on any atom is -0.310 e. The number of anilines is 6. The van der Waals surface area contributed by atoms with E-state index in [4.69, 9.17) is 0 Å². The van der Waals surface area contributed by atoms with Crippen LogP contribution in [0.4, 0.5) is 34.1 Å². The number of hydrogen-bond donors (Lipinski definition) is 0. The van der Waals surface area contributed by atoms with Crippen LogP contribution in [0.25, 0.3) is 43.4 Å². The van der Waals surface area contributed by atoms with E-state index < -0.39 is 5.41 Å². The summed E-state index contributed by atoms with van der Waals surface area (Å²) in [6.07, 6.45) is 26.6. The molecule has 4 saturated carbocycles. The van der Waals surface area contributed by atoms with Gasteiger partial charge in [-0.05, 0) is 224 Å². The fourth-order valence-electron chi connectivity index (χ4n) is 18.1. The molecule has 4 fully saturated rings. The van der Waals surface area contributed by atoms with Crippen LogP contribution in [0.1, 0.15) is 227 Å². The molecule has 5 aliphatic rings. The first-order valence-corrected chi connectivity index (χ1v) is 33.0. The normalized spacial score (nSPS) is 18.4. The first-order valence-electron chi connectivity index (χ1n) is 33.0. The Hall–Kier alpha value is -6.64. The van der Waals surface area contributed by atoms with Crippen LogP contribution < -0.4 is 9.80 Å². The highest BCUT2D eigenvalue weighted by atomic mass is 15.1. The Morgan fingerprint density at radius 3 is 1.02 bits per heavy atom. The second-order valence-electron chi connectivity index (χ2n) is 28.5. The molecule has 0 heterocycles. The quantitative estimate of drug-likeness (QED) is 0.126. The highest BCUT2D eigenvalue weighted by Gasteiger charge is 2.59. The fraction of sp³-hybridized carbons (Fsp3) is 0.407. The van der Waals surface area contributed by atoms with E-state index in [1.165, 1.54) is 239 Å². The van der Waals surface area contributed by atoms with Crippen LogP contribution in [0.3, 0.4) is 0 Å². The van der Waals surface area contributed by atoms with Gasteiger partial charge in [0, 0.05) is 39.2 Å². The Morgan fingerprint density at radius 2 is 0.639 bits per heavy atom. The van der Waals surface area contributed by atoms with Crippen LogP contribution in [0.15, 0.2) is 170 Å². The smallest absolute Gasteiger partial charge is 0.0543 e. The zero-order valence-corrected chi connectivity index (χ0v) is 51.0. The molecule has 0 N–H and O–H groups in total. The molecule has 0 bridgehead atoms. The van der Waals surface area contributed by atoms with E-state index >= 15 is 0 Å². The van der Waals surface area contributed by atoms with Crippen LogP contribution in [0, 0.1) is 10.8 Å². The van der Waals surface area contributed by atoms with E-state index in [1.807, 2.05) is 0 Å². The Balaban J connectivity index is 0.984. The molecule has 9 aromatic carbocycles. The Morgan fingerprint density at radius 1 is 0.301 bits per heavy atom. The molecule has 9 aromatic rings.